The molecule has 3 heteroatoms. The molecule has 0 spiro atoms. The van der Waals surface area contributed by atoms with Crippen LogP contribution in [0.15, 0.2) is 158 Å². The molecule has 7 aromatic carbocycles. The normalized spacial score (nSPS) is 23.3. The summed E-state index contributed by atoms with van der Waals surface area (Å²) < 4.78 is 0. The van der Waals surface area contributed by atoms with Crippen LogP contribution in [0.25, 0.3) is 11.1 Å². The van der Waals surface area contributed by atoms with Crippen LogP contribution in [0.4, 0.5) is 34.1 Å². The Morgan fingerprint density at radius 1 is 0.517 bits per heavy atom. The van der Waals surface area contributed by atoms with Gasteiger partial charge in [0.2, 0.25) is 6.71 Å². The van der Waals surface area contributed by atoms with Gasteiger partial charge in [-0.1, -0.05) is 122 Å². The van der Waals surface area contributed by atoms with Crippen LogP contribution in [0.5, 0.6) is 0 Å². The highest BCUT2D eigenvalue weighted by Crippen LogP contribution is 2.61. The van der Waals surface area contributed by atoms with Gasteiger partial charge in [-0.3, -0.25) is 0 Å². The Balaban J connectivity index is 1.09. The van der Waals surface area contributed by atoms with Gasteiger partial charge in [-0.2, -0.15) is 0 Å². The minimum Gasteiger partial charge on any atom is -0.311 e. The number of nitrogens with zero attached hydrogens (tertiary/aromatic N) is 2. The van der Waals surface area contributed by atoms with Crippen molar-refractivity contribution in [1.82, 2.24) is 0 Å². The average molecular weight is 775 g/mol. The number of rotatable bonds is 6. The van der Waals surface area contributed by atoms with Crippen LogP contribution in [0.2, 0.25) is 0 Å². The van der Waals surface area contributed by atoms with Crippen molar-refractivity contribution in [1.29, 1.82) is 0 Å². The van der Waals surface area contributed by atoms with E-state index < -0.39 is 0 Å². The summed E-state index contributed by atoms with van der Waals surface area (Å²) in [4.78, 5) is 5.15. The molecule has 4 fully saturated rings. The van der Waals surface area contributed by atoms with E-state index >= 15 is 0 Å². The zero-order valence-corrected chi connectivity index (χ0v) is 34.9. The summed E-state index contributed by atoms with van der Waals surface area (Å²) in [5, 5.41) is 0. The van der Waals surface area contributed by atoms with Gasteiger partial charge in [-0.25, -0.2) is 0 Å². The maximum absolute atomic E-state index is 2.76. The minimum absolute atomic E-state index is 0.127. The third kappa shape index (κ3) is 5.14. The van der Waals surface area contributed by atoms with Crippen molar-refractivity contribution in [2.45, 2.75) is 76.0 Å². The van der Waals surface area contributed by atoms with Crippen molar-refractivity contribution >= 4 is 57.2 Å². The predicted molar refractivity (Wildman–Crippen MR) is 252 cm³/mol. The van der Waals surface area contributed by atoms with Crippen LogP contribution in [0.3, 0.4) is 0 Å². The monoisotopic (exact) mass is 774 g/mol. The summed E-state index contributed by atoms with van der Waals surface area (Å²) in [6.07, 6.45) is 10.8. The fraction of sp³-hybridized carbons (Fsp3) is 0.263. The molecule has 292 valence electrons. The molecule has 0 radical (unpaired) electrons. The smallest absolute Gasteiger partial charge is 0.247 e. The van der Waals surface area contributed by atoms with Crippen molar-refractivity contribution in [2.24, 2.45) is 17.8 Å². The molecule has 0 unspecified atom stereocenters. The Bertz CT molecular complexity index is 2770. The molecule has 5 aliphatic carbocycles. The van der Waals surface area contributed by atoms with Gasteiger partial charge in [0.25, 0.3) is 0 Å². The molecule has 0 atom stereocenters. The first-order valence-electron chi connectivity index (χ1n) is 22.8. The maximum Gasteiger partial charge on any atom is 0.247 e. The van der Waals surface area contributed by atoms with E-state index in [-0.39, 0.29) is 17.5 Å². The fourth-order valence-corrected chi connectivity index (χ4v) is 13.6. The first-order chi connectivity index (χ1) is 29.4. The van der Waals surface area contributed by atoms with Crippen LogP contribution in [-0.2, 0) is 23.7 Å². The van der Waals surface area contributed by atoms with E-state index in [0.29, 0.717) is 0 Å². The molecule has 2 nitrogen and oxygen atoms in total. The molecule has 2 heterocycles. The molecular weight excluding hydrogens is 723 g/mol. The number of aryl methyl sites for hydroxylation is 2. The summed E-state index contributed by atoms with van der Waals surface area (Å²) in [5.41, 5.74) is 22.2. The first-order valence-corrected chi connectivity index (χ1v) is 22.8. The van der Waals surface area contributed by atoms with E-state index in [2.05, 4.69) is 181 Å². The molecule has 7 aromatic rings. The van der Waals surface area contributed by atoms with Gasteiger partial charge in [0.05, 0.1) is 0 Å². The molecule has 0 amide bonds. The van der Waals surface area contributed by atoms with Crippen LogP contribution < -0.4 is 26.2 Å². The van der Waals surface area contributed by atoms with E-state index in [4.69, 9.17) is 0 Å². The number of benzene rings is 7. The van der Waals surface area contributed by atoms with Gasteiger partial charge in [-0.15, -0.1) is 0 Å². The van der Waals surface area contributed by atoms with E-state index in [9.17, 15) is 0 Å². The zero-order chi connectivity index (χ0) is 39.7. The van der Waals surface area contributed by atoms with Crippen molar-refractivity contribution < 1.29 is 0 Å². The topological polar surface area (TPSA) is 6.48 Å². The fourth-order valence-electron chi connectivity index (χ4n) is 13.6. The molecule has 2 aliphatic heterocycles. The summed E-state index contributed by atoms with van der Waals surface area (Å²) in [5.74, 6) is 2.65. The summed E-state index contributed by atoms with van der Waals surface area (Å²) in [7, 11) is 0. The Morgan fingerprint density at radius 2 is 1.15 bits per heavy atom. The van der Waals surface area contributed by atoms with Gasteiger partial charge in [0.15, 0.2) is 0 Å². The molecule has 0 aromatic heterocycles. The third-order valence-corrected chi connectivity index (χ3v) is 16.1. The number of fused-ring (bicyclic) bond motifs is 5. The lowest BCUT2D eigenvalue weighted by atomic mass is 9.30. The largest absolute Gasteiger partial charge is 0.311 e. The molecule has 4 bridgehead atoms. The standard InChI is InChI=1S/C57H51BN2/c1-56(2)49-30-43(40-12-6-3-7-13-40)21-24-51(49)58-52-25-23-48(59(45-14-8-4-9-15-45)46-16-10-5-11-17-46)33-53(52)60(47-22-20-41-18-19-42(41)29-47)54-32-44(31-50(56)55(54)58)57-34-37-26-38(35-57)28-39(27-37)36-57/h3-17,20-25,29-33,37-39H,18-19,26-28,34-36H2,1-2H3. The van der Waals surface area contributed by atoms with E-state index in [1.54, 1.807) is 5.56 Å². The second kappa shape index (κ2) is 12.9. The molecule has 0 saturated heterocycles. The second-order valence-corrected chi connectivity index (χ2v) is 19.9. The molecule has 7 aliphatic rings. The summed E-state index contributed by atoms with van der Waals surface area (Å²) in [6.45, 7) is 5.19. The van der Waals surface area contributed by atoms with E-state index in [0.717, 1.165) is 35.5 Å². The maximum atomic E-state index is 2.76. The summed E-state index contributed by atoms with van der Waals surface area (Å²) in [6, 6.07) is 60.5. The highest BCUT2D eigenvalue weighted by molar-refractivity contribution is 6.99. The Morgan fingerprint density at radius 3 is 1.78 bits per heavy atom. The van der Waals surface area contributed by atoms with Gasteiger partial charge < -0.3 is 9.80 Å². The quantitative estimate of drug-likeness (QED) is 0.155. The SMILES string of the molecule is CC1(C)c2cc(-c3ccccc3)ccc2B2c3ccc(N(c4ccccc4)c4ccccc4)cc3N(c3ccc4c(c3)CC4)c3cc(C45CC6CC(CC(C6)C4)C5)cc1c32. The van der Waals surface area contributed by atoms with Gasteiger partial charge in [0, 0.05) is 39.5 Å². The Hall–Kier alpha value is -5.80. The van der Waals surface area contributed by atoms with Gasteiger partial charge >= 0.3 is 0 Å². The van der Waals surface area contributed by atoms with Crippen molar-refractivity contribution in [3.8, 4) is 11.1 Å². The summed E-state index contributed by atoms with van der Waals surface area (Å²) >= 11 is 0. The minimum atomic E-state index is -0.181. The lowest BCUT2D eigenvalue weighted by Gasteiger charge is -2.57. The number of hydrogen-bond donors (Lipinski definition) is 0. The van der Waals surface area contributed by atoms with Crippen molar-refractivity contribution in [3.63, 3.8) is 0 Å². The first kappa shape index (κ1) is 35.0. The number of hydrogen-bond acceptors (Lipinski definition) is 2. The van der Waals surface area contributed by atoms with Crippen LogP contribution in [0.1, 0.15) is 80.2 Å². The van der Waals surface area contributed by atoms with Crippen LogP contribution in [-0.4, -0.2) is 6.71 Å². The second-order valence-electron chi connectivity index (χ2n) is 19.9. The zero-order valence-electron chi connectivity index (χ0n) is 34.9. The lowest BCUT2D eigenvalue weighted by Crippen LogP contribution is -2.64. The van der Waals surface area contributed by atoms with Gasteiger partial charge in [-0.05, 0) is 179 Å². The molecule has 4 saturated carbocycles. The number of para-hydroxylation sites is 2. The molecular formula is C57H51BN2. The molecule has 0 N–H and O–H groups in total. The highest BCUT2D eigenvalue weighted by atomic mass is 15.2. The predicted octanol–water partition coefficient (Wildman–Crippen LogP) is 12.3. The van der Waals surface area contributed by atoms with E-state index in [1.807, 2.05) is 0 Å². The highest BCUT2D eigenvalue weighted by Gasteiger charge is 2.53. The van der Waals surface area contributed by atoms with Crippen molar-refractivity contribution in [2.75, 3.05) is 9.80 Å². The lowest BCUT2D eigenvalue weighted by molar-refractivity contribution is -0.00521. The van der Waals surface area contributed by atoms with Crippen LogP contribution in [0, 0.1) is 17.8 Å². The average Bonchev–Trinajstić information content (AvgIpc) is 3.26. The van der Waals surface area contributed by atoms with Crippen LogP contribution >= 0.6 is 0 Å². The Kier molecular flexibility index (Phi) is 7.50. The van der Waals surface area contributed by atoms with Gasteiger partial charge in [0.1, 0.15) is 0 Å². The molecule has 14 rings (SSSR count). The number of anilines is 6. The molecule has 60 heavy (non-hydrogen) atoms. The van der Waals surface area contributed by atoms with Crippen molar-refractivity contribution in [3.05, 3.63) is 186 Å². The van der Waals surface area contributed by atoms with E-state index in [1.165, 1.54) is 117 Å². The Labute approximate surface area is 356 Å². The third-order valence-electron chi connectivity index (χ3n) is 16.1.